The molecule has 0 aliphatic rings. The number of hydrogen-bond donors (Lipinski definition) is 1. The first kappa shape index (κ1) is 10.3. The molecule has 0 aliphatic carbocycles. The normalized spacial score (nSPS) is 9.18. The Balaban J connectivity index is 2.84. The molecule has 0 aromatic rings. The molecule has 11 heavy (non-hydrogen) atoms. The second kappa shape index (κ2) is 9.31. The Hall–Kier alpha value is -0.690. The third kappa shape index (κ3) is 9.31. The van der Waals surface area contributed by atoms with Crippen molar-refractivity contribution in [1.29, 1.82) is 5.53 Å². The molecule has 0 amide bonds. The van der Waals surface area contributed by atoms with Crippen molar-refractivity contribution in [3.63, 3.8) is 0 Å². The lowest BCUT2D eigenvalue weighted by atomic mass is 10.1. The van der Waals surface area contributed by atoms with Gasteiger partial charge in [-0.25, -0.2) is 0 Å². The Morgan fingerprint density at radius 1 is 1.09 bits per heavy atom. The van der Waals surface area contributed by atoms with Crippen molar-refractivity contribution >= 4 is 0 Å². The summed E-state index contributed by atoms with van der Waals surface area (Å²) in [6, 6.07) is 0. The van der Waals surface area contributed by atoms with E-state index in [9.17, 15) is 0 Å². The van der Waals surface area contributed by atoms with Crippen LogP contribution in [0.15, 0.2) is 5.11 Å². The molecule has 0 heterocycles. The van der Waals surface area contributed by atoms with E-state index in [4.69, 9.17) is 5.53 Å². The molecule has 0 atom stereocenters. The number of nitrogens with one attached hydrogen (secondary N) is 1. The second-order valence-electron chi connectivity index (χ2n) is 2.73. The largest absolute Gasteiger partial charge is 0.214 e. The van der Waals surface area contributed by atoms with Crippen LogP contribution in [0.1, 0.15) is 45.4 Å². The van der Waals surface area contributed by atoms with Crippen molar-refractivity contribution in [2.75, 3.05) is 6.54 Å². The van der Waals surface area contributed by atoms with Crippen molar-refractivity contribution < 1.29 is 0 Å². The van der Waals surface area contributed by atoms with E-state index in [0.29, 0.717) is 0 Å². The van der Waals surface area contributed by atoms with Gasteiger partial charge < -0.3 is 0 Å². The van der Waals surface area contributed by atoms with Gasteiger partial charge in [-0.3, -0.25) is 0 Å². The van der Waals surface area contributed by atoms with Gasteiger partial charge in [0.25, 0.3) is 0 Å². The lowest BCUT2D eigenvalue weighted by molar-refractivity contribution is 0.605. The van der Waals surface area contributed by atoms with Crippen LogP contribution in [0, 0.1) is 5.53 Å². The summed E-state index contributed by atoms with van der Waals surface area (Å²) >= 11 is 0. The number of nitrogens with zero attached hydrogens (tertiary/aromatic N) is 2. The molecule has 0 aromatic heterocycles. The fourth-order valence-corrected chi connectivity index (χ4v) is 1.01. The summed E-state index contributed by atoms with van der Waals surface area (Å²) in [5.74, 6) is 0. The van der Waals surface area contributed by atoms with Crippen molar-refractivity contribution in [3.05, 3.63) is 0 Å². The summed E-state index contributed by atoms with van der Waals surface area (Å²) < 4.78 is 0. The summed E-state index contributed by atoms with van der Waals surface area (Å²) in [5, 5.41) is 3.58. The van der Waals surface area contributed by atoms with E-state index in [-0.39, 0.29) is 0 Å². The van der Waals surface area contributed by atoms with Gasteiger partial charge in [0.1, 0.15) is 17.2 Å². The molecule has 1 N–H and O–H groups in total. The van der Waals surface area contributed by atoms with Crippen LogP contribution in [0.5, 0.6) is 0 Å². The van der Waals surface area contributed by atoms with Gasteiger partial charge in [-0.15, -0.1) is 0 Å². The van der Waals surface area contributed by atoms with E-state index in [1.165, 1.54) is 32.1 Å². The first-order valence-electron chi connectivity index (χ1n) is 4.45. The average molecular weight is 156 g/mol. The van der Waals surface area contributed by atoms with E-state index in [1.807, 2.05) is 0 Å². The molecule has 0 saturated carbocycles. The van der Waals surface area contributed by atoms with Crippen LogP contribution in [-0.4, -0.2) is 6.54 Å². The van der Waals surface area contributed by atoms with E-state index in [2.05, 4.69) is 16.9 Å². The van der Waals surface area contributed by atoms with Crippen molar-refractivity contribution in [2.45, 2.75) is 45.4 Å². The van der Waals surface area contributed by atoms with Crippen LogP contribution < -0.4 is 4.91 Å². The summed E-state index contributed by atoms with van der Waals surface area (Å²) in [6.07, 6.45) is 7.62. The lowest BCUT2D eigenvalue weighted by Crippen LogP contribution is -1.82. The fourth-order valence-electron chi connectivity index (χ4n) is 1.01. The van der Waals surface area contributed by atoms with E-state index in [1.54, 1.807) is 0 Å². The van der Waals surface area contributed by atoms with Gasteiger partial charge >= 0.3 is 0 Å². The van der Waals surface area contributed by atoms with Gasteiger partial charge in [0, 0.05) is 0 Å². The molecule has 0 saturated heterocycles. The van der Waals surface area contributed by atoms with E-state index in [0.717, 1.165) is 13.0 Å². The summed E-state index contributed by atoms with van der Waals surface area (Å²) in [5.41, 5.74) is 6.41. The topological polar surface area (TPSA) is 50.3 Å². The lowest BCUT2D eigenvalue weighted by Gasteiger charge is -1.94. The number of unbranched alkanes of at least 4 members (excludes halogenated alkanes) is 5. The zero-order valence-corrected chi connectivity index (χ0v) is 7.34. The number of hydrogen-bond acceptors (Lipinski definition) is 2. The van der Waals surface area contributed by atoms with E-state index >= 15 is 0 Å². The zero-order chi connectivity index (χ0) is 8.36. The molecule has 0 rings (SSSR count). The highest BCUT2D eigenvalue weighted by Gasteiger charge is 1.90. The highest BCUT2D eigenvalue weighted by Crippen LogP contribution is 2.04. The Labute approximate surface area is 68.4 Å². The molecular formula is C8H18N3+. The third-order valence-corrected chi connectivity index (χ3v) is 1.68. The molecule has 0 aliphatic heterocycles. The minimum absolute atomic E-state index is 0.732. The van der Waals surface area contributed by atoms with Gasteiger partial charge in [0.05, 0.1) is 0 Å². The molecule has 0 spiro atoms. The fraction of sp³-hybridized carbons (Fsp3) is 1.00. The van der Waals surface area contributed by atoms with Crippen LogP contribution in [0.4, 0.5) is 0 Å². The van der Waals surface area contributed by atoms with Crippen LogP contribution in [0.3, 0.4) is 0 Å². The quantitative estimate of drug-likeness (QED) is 0.335. The van der Waals surface area contributed by atoms with Crippen molar-refractivity contribution in [2.24, 2.45) is 5.11 Å². The maximum Gasteiger partial charge on any atom is 0.214 e. The SMILES string of the molecule is CCCCCCCCN=[N+]=N. The van der Waals surface area contributed by atoms with Crippen molar-refractivity contribution in [3.8, 4) is 0 Å². The third-order valence-electron chi connectivity index (χ3n) is 1.68. The monoisotopic (exact) mass is 156 g/mol. The Morgan fingerprint density at radius 2 is 1.73 bits per heavy atom. The first-order valence-corrected chi connectivity index (χ1v) is 4.45. The van der Waals surface area contributed by atoms with Crippen LogP contribution in [0.2, 0.25) is 0 Å². The molecule has 3 heteroatoms. The zero-order valence-electron chi connectivity index (χ0n) is 7.34. The van der Waals surface area contributed by atoms with Gasteiger partial charge in [-0.1, -0.05) is 39.0 Å². The van der Waals surface area contributed by atoms with Crippen molar-refractivity contribution in [1.82, 2.24) is 4.91 Å². The smallest absolute Gasteiger partial charge is 0.0654 e. The summed E-state index contributed by atoms with van der Waals surface area (Å²) in [7, 11) is 0. The minimum atomic E-state index is 0.732. The molecule has 0 radical (unpaired) electrons. The molecule has 64 valence electrons. The Morgan fingerprint density at radius 3 is 2.36 bits per heavy atom. The number of rotatable bonds is 7. The average Bonchev–Trinajstić information content (AvgIpc) is 2.03. The molecule has 0 bridgehead atoms. The molecular weight excluding hydrogens is 138 g/mol. The molecule has 0 aromatic carbocycles. The van der Waals surface area contributed by atoms with Crippen LogP contribution >= 0.6 is 0 Å². The first-order chi connectivity index (χ1) is 5.41. The summed E-state index contributed by atoms with van der Waals surface area (Å²) in [6.45, 7) is 2.95. The minimum Gasteiger partial charge on any atom is -0.0654 e. The Bertz CT molecular complexity index is 117. The highest BCUT2D eigenvalue weighted by molar-refractivity contribution is 4.44. The predicted octanol–water partition coefficient (Wildman–Crippen LogP) is 2.90. The maximum atomic E-state index is 6.41. The standard InChI is InChI=1S/C8H18N3/c1-2-3-4-5-6-7-8-10-11-9/h9H,2-8H2,1H3/q+1. The molecule has 0 unspecified atom stereocenters. The van der Waals surface area contributed by atoms with Gasteiger partial charge in [-0.05, 0) is 6.42 Å². The Kier molecular flexibility index (Phi) is 8.73. The molecule has 3 nitrogen and oxygen atoms in total. The van der Waals surface area contributed by atoms with E-state index < -0.39 is 0 Å². The van der Waals surface area contributed by atoms with Gasteiger partial charge in [-0.2, -0.15) is 0 Å². The predicted molar refractivity (Wildman–Crippen MR) is 45.5 cm³/mol. The van der Waals surface area contributed by atoms with Gasteiger partial charge in [0.15, 0.2) is 0 Å². The van der Waals surface area contributed by atoms with Crippen LogP contribution in [0.25, 0.3) is 0 Å². The maximum absolute atomic E-state index is 6.41. The highest BCUT2D eigenvalue weighted by atomic mass is 15.1. The molecule has 0 fully saturated rings. The summed E-state index contributed by atoms with van der Waals surface area (Å²) in [4.78, 5) is 2.94. The van der Waals surface area contributed by atoms with Gasteiger partial charge in [0.2, 0.25) is 4.91 Å². The second-order valence-corrected chi connectivity index (χ2v) is 2.73. The van der Waals surface area contributed by atoms with Crippen LogP contribution in [-0.2, 0) is 0 Å².